The fraction of sp³-hybridized carbons (Fsp3) is 0.435. The van der Waals surface area contributed by atoms with E-state index < -0.39 is 0 Å². The van der Waals surface area contributed by atoms with Crippen LogP contribution in [-0.4, -0.2) is 69.9 Å². The van der Waals surface area contributed by atoms with Gasteiger partial charge in [-0.1, -0.05) is 12.1 Å². The highest BCUT2D eigenvalue weighted by Gasteiger charge is 2.28. The number of nitrogens with one attached hydrogen (secondary N) is 1. The van der Waals surface area contributed by atoms with Crippen LogP contribution in [0.2, 0.25) is 0 Å². The van der Waals surface area contributed by atoms with Crippen LogP contribution in [0.15, 0.2) is 48.8 Å². The lowest BCUT2D eigenvalue weighted by molar-refractivity contribution is 0.441. The first-order valence-electron chi connectivity index (χ1n) is 11.7. The zero-order valence-electron chi connectivity index (χ0n) is 19.2. The summed E-state index contributed by atoms with van der Waals surface area (Å²) >= 11 is 0. The molecule has 11 heteroatoms. The second-order valence-electron chi connectivity index (χ2n) is 9.31. The third kappa shape index (κ3) is 4.97. The normalized spacial score (nSPS) is 25.4. The molecule has 0 spiro atoms. The van der Waals surface area contributed by atoms with Gasteiger partial charge in [0.15, 0.2) is 0 Å². The molecule has 34 heavy (non-hydrogen) atoms. The van der Waals surface area contributed by atoms with Gasteiger partial charge in [-0.3, -0.25) is 0 Å². The first-order valence-corrected chi connectivity index (χ1v) is 11.7. The largest absolute Gasteiger partial charge is 0.338 e. The molecule has 3 aromatic rings. The lowest BCUT2D eigenvalue weighted by Crippen LogP contribution is -2.54. The van der Waals surface area contributed by atoms with Crippen LogP contribution in [0.5, 0.6) is 0 Å². The van der Waals surface area contributed by atoms with E-state index in [0.717, 1.165) is 24.2 Å². The SMILES string of the molecule is NC1CC(N)CN(c2nc(Nc3ccccc3-n3cccc3)nc(N3CC(N)CC(N)C3)n2)C1. The minimum Gasteiger partial charge on any atom is -0.338 e. The van der Waals surface area contributed by atoms with Gasteiger partial charge in [-0.2, -0.15) is 15.0 Å². The number of rotatable bonds is 5. The summed E-state index contributed by atoms with van der Waals surface area (Å²) in [5.74, 6) is 1.54. The van der Waals surface area contributed by atoms with Gasteiger partial charge >= 0.3 is 0 Å². The number of nitrogens with zero attached hydrogens (tertiary/aromatic N) is 6. The molecule has 2 aliphatic heterocycles. The van der Waals surface area contributed by atoms with Crippen LogP contribution < -0.4 is 38.1 Å². The summed E-state index contributed by atoms with van der Waals surface area (Å²) < 4.78 is 2.04. The monoisotopic (exact) mass is 463 g/mol. The second kappa shape index (κ2) is 9.55. The smallest absolute Gasteiger partial charge is 0.233 e. The predicted octanol–water partition coefficient (Wildman–Crippen LogP) is 0.135. The Morgan fingerprint density at radius 1 is 0.676 bits per heavy atom. The van der Waals surface area contributed by atoms with E-state index in [2.05, 4.69) is 5.32 Å². The second-order valence-corrected chi connectivity index (χ2v) is 9.31. The van der Waals surface area contributed by atoms with E-state index >= 15 is 0 Å². The van der Waals surface area contributed by atoms with Crippen molar-refractivity contribution in [3.8, 4) is 5.69 Å². The summed E-state index contributed by atoms with van der Waals surface area (Å²) in [7, 11) is 0. The van der Waals surface area contributed by atoms with Crippen molar-refractivity contribution in [3.63, 3.8) is 0 Å². The number of aromatic nitrogens is 4. The first-order chi connectivity index (χ1) is 16.4. The maximum absolute atomic E-state index is 6.25. The van der Waals surface area contributed by atoms with Crippen LogP contribution in [0.1, 0.15) is 12.8 Å². The summed E-state index contributed by atoms with van der Waals surface area (Å²) in [6, 6.07) is 11.8. The number of para-hydroxylation sites is 2. The van der Waals surface area contributed by atoms with Gasteiger partial charge in [0.25, 0.3) is 0 Å². The van der Waals surface area contributed by atoms with E-state index in [1.807, 2.05) is 63.2 Å². The van der Waals surface area contributed by atoms with Gasteiger partial charge in [0, 0.05) is 62.7 Å². The zero-order valence-corrected chi connectivity index (χ0v) is 19.2. The molecule has 2 aliphatic rings. The van der Waals surface area contributed by atoms with Crippen molar-refractivity contribution < 1.29 is 0 Å². The fourth-order valence-electron chi connectivity index (χ4n) is 4.80. The van der Waals surface area contributed by atoms with Crippen molar-refractivity contribution in [2.75, 3.05) is 41.3 Å². The third-order valence-corrected chi connectivity index (χ3v) is 6.24. The Morgan fingerprint density at radius 3 is 1.71 bits per heavy atom. The molecule has 0 radical (unpaired) electrons. The zero-order chi connectivity index (χ0) is 23.7. The number of hydrogen-bond acceptors (Lipinski definition) is 10. The van der Waals surface area contributed by atoms with E-state index in [1.54, 1.807) is 0 Å². The predicted molar refractivity (Wildman–Crippen MR) is 134 cm³/mol. The van der Waals surface area contributed by atoms with Gasteiger partial charge in [-0.25, -0.2) is 0 Å². The lowest BCUT2D eigenvalue weighted by atomic mass is 10.0. The van der Waals surface area contributed by atoms with E-state index in [9.17, 15) is 0 Å². The molecule has 2 saturated heterocycles. The summed E-state index contributed by atoms with van der Waals surface area (Å²) in [5, 5.41) is 3.40. The Kier molecular flexibility index (Phi) is 6.33. The summed E-state index contributed by atoms with van der Waals surface area (Å²) in [4.78, 5) is 18.4. The van der Waals surface area contributed by atoms with Crippen molar-refractivity contribution in [2.24, 2.45) is 22.9 Å². The summed E-state index contributed by atoms with van der Waals surface area (Å²) in [5.41, 5.74) is 26.9. The quantitative estimate of drug-likeness (QED) is 0.351. The molecule has 2 fully saturated rings. The van der Waals surface area contributed by atoms with Crippen molar-refractivity contribution in [2.45, 2.75) is 37.0 Å². The minimum atomic E-state index is -0.0355. The van der Waals surface area contributed by atoms with Crippen molar-refractivity contribution in [1.82, 2.24) is 19.5 Å². The number of benzene rings is 1. The van der Waals surface area contributed by atoms with Crippen molar-refractivity contribution in [3.05, 3.63) is 48.8 Å². The molecule has 4 atom stereocenters. The van der Waals surface area contributed by atoms with Crippen LogP contribution in [0.3, 0.4) is 0 Å². The molecule has 2 aromatic heterocycles. The van der Waals surface area contributed by atoms with Crippen molar-refractivity contribution in [1.29, 1.82) is 0 Å². The van der Waals surface area contributed by atoms with Crippen LogP contribution >= 0.6 is 0 Å². The number of piperidine rings is 2. The first kappa shape index (κ1) is 22.5. The topological polar surface area (TPSA) is 166 Å². The molecule has 180 valence electrons. The van der Waals surface area contributed by atoms with Gasteiger partial charge in [0.1, 0.15) is 0 Å². The number of anilines is 4. The third-order valence-electron chi connectivity index (χ3n) is 6.24. The number of nitrogens with two attached hydrogens (primary N) is 4. The number of hydrogen-bond donors (Lipinski definition) is 5. The molecule has 5 rings (SSSR count). The van der Waals surface area contributed by atoms with E-state index in [-0.39, 0.29) is 24.2 Å². The Morgan fingerprint density at radius 2 is 1.18 bits per heavy atom. The van der Waals surface area contributed by atoms with Gasteiger partial charge in [-0.05, 0) is 37.1 Å². The molecule has 4 unspecified atom stereocenters. The van der Waals surface area contributed by atoms with Crippen LogP contribution in [0.25, 0.3) is 5.69 Å². The van der Waals surface area contributed by atoms with Crippen LogP contribution in [0.4, 0.5) is 23.5 Å². The highest BCUT2D eigenvalue weighted by atomic mass is 15.4. The molecular weight excluding hydrogens is 430 g/mol. The summed E-state index contributed by atoms with van der Waals surface area (Å²) in [6.45, 7) is 2.54. The highest BCUT2D eigenvalue weighted by molar-refractivity contribution is 5.67. The molecule has 0 saturated carbocycles. The average Bonchev–Trinajstić information content (AvgIpc) is 3.33. The van der Waals surface area contributed by atoms with E-state index in [1.165, 1.54) is 0 Å². The van der Waals surface area contributed by atoms with E-state index in [0.29, 0.717) is 44.0 Å². The standard InChI is InChI=1S/C23H33N11/c24-15-9-16(25)12-33(11-15)22-29-21(30-23(31-22)34-13-17(26)10-18(27)14-34)28-19-5-1-2-6-20(19)32-7-3-4-8-32/h1-8,15-18H,9-14,24-27H2,(H,28,29,30,31). The fourth-order valence-corrected chi connectivity index (χ4v) is 4.80. The Bertz CT molecular complexity index is 1040. The summed E-state index contributed by atoms with van der Waals surface area (Å²) in [6.07, 6.45) is 5.55. The van der Waals surface area contributed by atoms with Crippen molar-refractivity contribution >= 4 is 23.5 Å². The van der Waals surface area contributed by atoms with Gasteiger partial charge in [0.05, 0.1) is 11.4 Å². The molecule has 1 aromatic carbocycles. The minimum absolute atomic E-state index is 0.0355. The Labute approximate surface area is 199 Å². The van der Waals surface area contributed by atoms with Crippen LogP contribution in [-0.2, 0) is 0 Å². The van der Waals surface area contributed by atoms with Gasteiger partial charge in [-0.15, -0.1) is 0 Å². The maximum Gasteiger partial charge on any atom is 0.233 e. The maximum atomic E-state index is 6.25. The highest BCUT2D eigenvalue weighted by Crippen LogP contribution is 2.26. The van der Waals surface area contributed by atoms with Crippen LogP contribution in [0, 0.1) is 0 Å². The van der Waals surface area contributed by atoms with E-state index in [4.69, 9.17) is 37.9 Å². The molecule has 0 amide bonds. The van der Waals surface area contributed by atoms with Gasteiger partial charge < -0.3 is 42.6 Å². The molecule has 9 N–H and O–H groups in total. The Balaban J connectivity index is 1.52. The molecule has 0 aliphatic carbocycles. The molecule has 11 nitrogen and oxygen atoms in total. The Hall–Kier alpha value is -3.25. The molecule has 0 bridgehead atoms. The molecular formula is C23H33N11. The van der Waals surface area contributed by atoms with Gasteiger partial charge in [0.2, 0.25) is 17.8 Å². The average molecular weight is 464 g/mol. The molecule has 4 heterocycles. The lowest BCUT2D eigenvalue weighted by Gasteiger charge is -2.37.